The van der Waals surface area contributed by atoms with E-state index in [0.717, 1.165) is 24.3 Å². The van der Waals surface area contributed by atoms with Crippen molar-refractivity contribution in [3.63, 3.8) is 0 Å². The van der Waals surface area contributed by atoms with Gasteiger partial charge in [0.25, 0.3) is 0 Å². The van der Waals surface area contributed by atoms with Gasteiger partial charge in [-0.25, -0.2) is 0 Å². The molecular weight excluding hydrogens is 134 g/mol. The Balaban J connectivity index is 2.10. The molecule has 11 heavy (non-hydrogen) atoms. The summed E-state index contributed by atoms with van der Waals surface area (Å²) in [5.41, 5.74) is 5.70. The Labute approximate surface area is 70.4 Å². The normalized spacial score (nSPS) is 20.7. The van der Waals surface area contributed by atoms with Crippen LogP contribution in [0.15, 0.2) is 0 Å². The standard InChI is InChI=1S/C10H21N/c1-8(2)3-4-10(7-11)9-5-6-9/h8-10H,3-7,11H2,1-2H3. The summed E-state index contributed by atoms with van der Waals surface area (Å²) < 4.78 is 0. The molecule has 1 saturated carbocycles. The fraction of sp³-hybridized carbons (Fsp3) is 1.00. The van der Waals surface area contributed by atoms with Gasteiger partial charge >= 0.3 is 0 Å². The molecule has 0 aromatic heterocycles. The minimum Gasteiger partial charge on any atom is -0.330 e. The highest BCUT2D eigenvalue weighted by molar-refractivity contribution is 4.81. The molecule has 0 radical (unpaired) electrons. The van der Waals surface area contributed by atoms with Crippen molar-refractivity contribution in [1.82, 2.24) is 0 Å². The van der Waals surface area contributed by atoms with E-state index >= 15 is 0 Å². The minimum absolute atomic E-state index is 0.845. The van der Waals surface area contributed by atoms with Gasteiger partial charge in [-0.3, -0.25) is 0 Å². The number of hydrogen-bond donors (Lipinski definition) is 1. The molecule has 66 valence electrons. The molecule has 0 saturated heterocycles. The zero-order valence-electron chi connectivity index (χ0n) is 7.84. The molecule has 1 heteroatoms. The minimum atomic E-state index is 0.845. The lowest BCUT2D eigenvalue weighted by atomic mass is 9.94. The van der Waals surface area contributed by atoms with Gasteiger partial charge in [0.15, 0.2) is 0 Å². The first-order valence-electron chi connectivity index (χ1n) is 4.94. The van der Waals surface area contributed by atoms with E-state index in [0.29, 0.717) is 0 Å². The van der Waals surface area contributed by atoms with Crippen molar-refractivity contribution in [2.75, 3.05) is 6.54 Å². The quantitative estimate of drug-likeness (QED) is 0.648. The van der Waals surface area contributed by atoms with Gasteiger partial charge in [0, 0.05) is 0 Å². The third kappa shape index (κ3) is 3.24. The highest BCUT2D eigenvalue weighted by Crippen LogP contribution is 2.38. The summed E-state index contributed by atoms with van der Waals surface area (Å²) >= 11 is 0. The molecule has 0 aliphatic heterocycles. The summed E-state index contributed by atoms with van der Waals surface area (Å²) in [6.45, 7) is 5.50. The average molecular weight is 155 g/mol. The van der Waals surface area contributed by atoms with Crippen molar-refractivity contribution in [3.05, 3.63) is 0 Å². The van der Waals surface area contributed by atoms with Crippen LogP contribution >= 0.6 is 0 Å². The van der Waals surface area contributed by atoms with E-state index in [1.807, 2.05) is 0 Å². The monoisotopic (exact) mass is 155 g/mol. The Morgan fingerprint density at radius 1 is 1.27 bits per heavy atom. The summed E-state index contributed by atoms with van der Waals surface area (Å²) in [7, 11) is 0. The van der Waals surface area contributed by atoms with Crippen molar-refractivity contribution in [1.29, 1.82) is 0 Å². The average Bonchev–Trinajstić information content (AvgIpc) is 2.72. The molecule has 1 atom stereocenters. The molecule has 0 aromatic rings. The molecule has 1 unspecified atom stereocenters. The van der Waals surface area contributed by atoms with Gasteiger partial charge in [0.05, 0.1) is 0 Å². The van der Waals surface area contributed by atoms with E-state index in [9.17, 15) is 0 Å². The maximum absolute atomic E-state index is 5.70. The molecule has 0 heterocycles. The first-order valence-corrected chi connectivity index (χ1v) is 4.94. The molecule has 0 amide bonds. The largest absolute Gasteiger partial charge is 0.330 e. The van der Waals surface area contributed by atoms with E-state index in [-0.39, 0.29) is 0 Å². The zero-order valence-corrected chi connectivity index (χ0v) is 7.84. The van der Waals surface area contributed by atoms with Crippen LogP contribution in [0.5, 0.6) is 0 Å². The van der Waals surface area contributed by atoms with Crippen molar-refractivity contribution in [2.45, 2.75) is 39.5 Å². The molecule has 1 nitrogen and oxygen atoms in total. The van der Waals surface area contributed by atoms with Crippen LogP contribution in [0, 0.1) is 17.8 Å². The van der Waals surface area contributed by atoms with Crippen LogP contribution in [0.25, 0.3) is 0 Å². The van der Waals surface area contributed by atoms with Crippen LogP contribution in [0.3, 0.4) is 0 Å². The molecule has 1 aliphatic carbocycles. The molecular formula is C10H21N. The Morgan fingerprint density at radius 3 is 2.27 bits per heavy atom. The Morgan fingerprint density at radius 2 is 1.91 bits per heavy atom. The predicted molar refractivity (Wildman–Crippen MR) is 49.3 cm³/mol. The predicted octanol–water partition coefficient (Wildman–Crippen LogP) is 2.41. The summed E-state index contributed by atoms with van der Waals surface area (Å²) in [4.78, 5) is 0. The lowest BCUT2D eigenvalue weighted by molar-refractivity contribution is 0.391. The second-order valence-corrected chi connectivity index (χ2v) is 4.30. The maximum Gasteiger partial charge on any atom is -0.00462 e. The smallest absolute Gasteiger partial charge is 0.00462 e. The second kappa shape index (κ2) is 4.10. The fourth-order valence-corrected chi connectivity index (χ4v) is 1.66. The van der Waals surface area contributed by atoms with Crippen LogP contribution in [-0.2, 0) is 0 Å². The topological polar surface area (TPSA) is 26.0 Å². The van der Waals surface area contributed by atoms with Gasteiger partial charge in [-0.1, -0.05) is 20.3 Å². The summed E-state index contributed by atoms with van der Waals surface area (Å²) in [6, 6.07) is 0. The van der Waals surface area contributed by atoms with Crippen LogP contribution < -0.4 is 5.73 Å². The molecule has 1 fully saturated rings. The summed E-state index contributed by atoms with van der Waals surface area (Å²) in [5.74, 6) is 2.69. The van der Waals surface area contributed by atoms with Crippen molar-refractivity contribution < 1.29 is 0 Å². The lowest BCUT2D eigenvalue weighted by Crippen LogP contribution is -2.16. The van der Waals surface area contributed by atoms with E-state index in [4.69, 9.17) is 5.73 Å². The number of hydrogen-bond acceptors (Lipinski definition) is 1. The van der Waals surface area contributed by atoms with Gasteiger partial charge < -0.3 is 5.73 Å². The lowest BCUT2D eigenvalue weighted by Gasteiger charge is -2.14. The second-order valence-electron chi connectivity index (χ2n) is 4.30. The highest BCUT2D eigenvalue weighted by Gasteiger charge is 2.29. The van der Waals surface area contributed by atoms with Crippen molar-refractivity contribution >= 4 is 0 Å². The molecule has 2 N–H and O–H groups in total. The maximum atomic E-state index is 5.70. The first-order chi connectivity index (χ1) is 5.24. The molecule has 0 bridgehead atoms. The third-order valence-electron chi connectivity index (χ3n) is 2.71. The van der Waals surface area contributed by atoms with E-state index in [1.54, 1.807) is 0 Å². The van der Waals surface area contributed by atoms with E-state index in [2.05, 4.69) is 13.8 Å². The fourth-order valence-electron chi connectivity index (χ4n) is 1.66. The van der Waals surface area contributed by atoms with Crippen molar-refractivity contribution in [3.8, 4) is 0 Å². The van der Waals surface area contributed by atoms with E-state index < -0.39 is 0 Å². The molecule has 0 spiro atoms. The highest BCUT2D eigenvalue weighted by atomic mass is 14.6. The Kier molecular flexibility index (Phi) is 3.38. The van der Waals surface area contributed by atoms with Crippen LogP contribution in [0.1, 0.15) is 39.5 Å². The van der Waals surface area contributed by atoms with Crippen molar-refractivity contribution in [2.24, 2.45) is 23.5 Å². The zero-order chi connectivity index (χ0) is 8.27. The summed E-state index contributed by atoms with van der Waals surface area (Å²) in [6.07, 6.45) is 5.61. The van der Waals surface area contributed by atoms with Crippen LogP contribution in [0.2, 0.25) is 0 Å². The summed E-state index contributed by atoms with van der Waals surface area (Å²) in [5, 5.41) is 0. The third-order valence-corrected chi connectivity index (χ3v) is 2.71. The van der Waals surface area contributed by atoms with Gasteiger partial charge in [0.2, 0.25) is 0 Å². The van der Waals surface area contributed by atoms with Gasteiger partial charge in [-0.05, 0) is 43.6 Å². The van der Waals surface area contributed by atoms with Gasteiger partial charge in [-0.2, -0.15) is 0 Å². The number of nitrogens with two attached hydrogens (primary N) is 1. The molecule has 1 rings (SSSR count). The molecule has 0 aromatic carbocycles. The Bertz CT molecular complexity index is 105. The number of rotatable bonds is 5. The van der Waals surface area contributed by atoms with E-state index in [1.165, 1.54) is 25.7 Å². The van der Waals surface area contributed by atoms with Crippen LogP contribution in [0.4, 0.5) is 0 Å². The SMILES string of the molecule is CC(C)CCC(CN)C1CC1. The Hall–Kier alpha value is -0.0400. The van der Waals surface area contributed by atoms with Crippen LogP contribution in [-0.4, -0.2) is 6.54 Å². The van der Waals surface area contributed by atoms with Gasteiger partial charge in [-0.15, -0.1) is 0 Å². The molecule has 1 aliphatic rings. The van der Waals surface area contributed by atoms with Gasteiger partial charge in [0.1, 0.15) is 0 Å². The first kappa shape index (κ1) is 9.05.